The van der Waals surface area contributed by atoms with Crippen LogP contribution in [0.25, 0.3) is 133 Å². The number of fused-ring (bicyclic) bond motifs is 17. The van der Waals surface area contributed by atoms with Crippen molar-refractivity contribution in [3.05, 3.63) is 504 Å². The third-order valence-corrected chi connectivity index (χ3v) is 33.6. The van der Waals surface area contributed by atoms with E-state index in [0.29, 0.717) is 14.5 Å². The normalized spacial score (nSPS) is 11.6. The Hall–Kier alpha value is -16.5. The molecule has 0 aliphatic heterocycles. The SMILES string of the molecule is c1ccc(-c2cncc(N(c3ccc(N(c4ccc5c(c4)sc4cc(N(c6ccccc6)c6ccccc6)ccc45)c4ccc5sc6ccccc6c5c4)cc3)c3ccc4c(c3)sc3ccccc34)c2)cc1.c1ccc(N(c2ccc3c(c2)sc2cc(N(c4ccc5ccccc5c4)c4cccc5c(N(c6ccccc6)c6ccccc6)cccc45)ccc23)c2ccc3[se]c4ccccc4c3c2)cc1. The predicted molar refractivity (Wildman–Crippen MR) is 603 cm³/mol. The Balaban J connectivity index is 0.000000144. The molecule has 0 amide bonds. The average molecular weight is 1910 g/mol. The van der Waals surface area contributed by atoms with E-state index >= 15 is 0 Å². The summed E-state index contributed by atoms with van der Waals surface area (Å²) in [7, 11) is 0. The zero-order valence-electron chi connectivity index (χ0n) is 75.1. The third kappa shape index (κ3) is 15.4. The Morgan fingerprint density at radius 2 is 0.453 bits per heavy atom. The summed E-state index contributed by atoms with van der Waals surface area (Å²) in [4.78, 5) is 19.2. The summed E-state index contributed by atoms with van der Waals surface area (Å²) >= 11 is 7.73. The van der Waals surface area contributed by atoms with Crippen LogP contribution in [0.3, 0.4) is 0 Å². The van der Waals surface area contributed by atoms with Crippen LogP contribution in [0, 0.1) is 0 Å². The molecule has 139 heavy (non-hydrogen) atoms. The third-order valence-electron chi connectivity index (χ3n) is 26.6. The van der Waals surface area contributed by atoms with Gasteiger partial charge < -0.3 is 24.5 Å². The van der Waals surface area contributed by atoms with Gasteiger partial charge in [-0.15, -0.1) is 34.0 Å². The Morgan fingerprint density at radius 3 is 0.950 bits per heavy atom. The van der Waals surface area contributed by atoms with E-state index in [0.717, 1.165) is 108 Å². The molecule has 0 bridgehead atoms. The van der Waals surface area contributed by atoms with Crippen LogP contribution in [0.5, 0.6) is 0 Å². The standard InChI is InChI=1S/C65H42N4S3.C62H41N3SSe/c1-4-14-43(15-5-1)44-36-53(42-66-41-44)69(52-30-32-56-54-20-10-12-22-60(54)71-63(56)40-52)48-26-24-47(25-27-48)68(49-31-35-62-59(37-49)55-21-11-13-23-61(55)70-62)51-29-34-58-57-33-28-50(38-64(57)72-65(58)39-51)67(45-16-6-2-7-17-45)46-18-8-3-9-19-46;1-4-18-44(19-5-1)63(48-34-37-62-56(39-48)55-24-12-13-29-61(55)67-62)49-32-35-53-54-36-33-50(41-60(54)66-59(53)40-49)65(47-31-30-42-16-10-11-17-43(42)38-47)58-28-15-25-51-52(58)26-14-27-57(51)64(45-20-6-2-7-21-45)46-22-8-3-9-23-46/h1-42H;1-41H. The van der Waals surface area contributed by atoms with E-state index in [1.54, 1.807) is 0 Å². The van der Waals surface area contributed by atoms with Gasteiger partial charge in [0.25, 0.3) is 0 Å². The topological polar surface area (TPSA) is 32.3 Å². The molecule has 27 aromatic rings. The summed E-state index contributed by atoms with van der Waals surface area (Å²) in [5.74, 6) is 0. The van der Waals surface area contributed by atoms with Crippen molar-refractivity contribution in [2.75, 3.05) is 29.4 Å². The summed E-state index contributed by atoms with van der Waals surface area (Å²) in [5, 5.41) is 17.6. The van der Waals surface area contributed by atoms with Crippen molar-refractivity contribution in [3.63, 3.8) is 0 Å². The summed E-state index contributed by atoms with van der Waals surface area (Å²) in [5.41, 5.74) is 22.1. The Labute approximate surface area is 826 Å². The molecule has 0 radical (unpaired) electrons. The number of anilines is 18. The predicted octanol–water partition coefficient (Wildman–Crippen LogP) is 38.4. The molecule has 0 saturated heterocycles. The first-order chi connectivity index (χ1) is 68.9. The molecular formula is C127H83N7S4Se. The fraction of sp³-hybridized carbons (Fsp3) is 0. The van der Waals surface area contributed by atoms with Gasteiger partial charge in [-0.2, -0.15) is 0 Å². The zero-order valence-corrected chi connectivity index (χ0v) is 80.1. The molecule has 0 aliphatic rings. The van der Waals surface area contributed by atoms with Gasteiger partial charge in [0.15, 0.2) is 0 Å². The van der Waals surface area contributed by atoms with Crippen LogP contribution in [0.4, 0.5) is 102 Å². The molecule has 6 aromatic heterocycles. The van der Waals surface area contributed by atoms with Crippen LogP contribution in [-0.2, 0) is 0 Å². The second-order valence-electron chi connectivity index (χ2n) is 34.9. The molecule has 0 N–H and O–H groups in total. The number of hydrogen-bond donors (Lipinski definition) is 0. The molecule has 0 aliphatic carbocycles. The van der Waals surface area contributed by atoms with Crippen LogP contribution in [0.2, 0.25) is 0 Å². The van der Waals surface area contributed by atoms with Crippen molar-refractivity contribution in [3.8, 4) is 11.1 Å². The van der Waals surface area contributed by atoms with Crippen molar-refractivity contribution >= 4 is 284 Å². The van der Waals surface area contributed by atoms with Gasteiger partial charge in [0, 0.05) is 146 Å². The van der Waals surface area contributed by atoms with Crippen molar-refractivity contribution in [2.24, 2.45) is 0 Å². The Morgan fingerprint density at radius 1 is 0.151 bits per heavy atom. The van der Waals surface area contributed by atoms with E-state index < -0.39 is 0 Å². The van der Waals surface area contributed by atoms with Crippen molar-refractivity contribution in [1.29, 1.82) is 0 Å². The van der Waals surface area contributed by atoms with Gasteiger partial charge in [-0.1, -0.05) is 212 Å². The maximum absolute atomic E-state index is 4.83. The molecule has 21 aromatic carbocycles. The van der Waals surface area contributed by atoms with Crippen molar-refractivity contribution in [2.45, 2.75) is 0 Å². The van der Waals surface area contributed by atoms with Crippen LogP contribution < -0.4 is 29.4 Å². The Kier molecular flexibility index (Phi) is 21.3. The molecule has 0 unspecified atom stereocenters. The molecule has 656 valence electrons. The van der Waals surface area contributed by atoms with E-state index in [2.05, 4.69) is 521 Å². The van der Waals surface area contributed by atoms with Crippen molar-refractivity contribution < 1.29 is 0 Å². The summed E-state index contributed by atoms with van der Waals surface area (Å²) in [6.45, 7) is 0. The molecule has 27 rings (SSSR count). The monoisotopic (exact) mass is 1910 g/mol. The minimum atomic E-state index is 0.323. The molecule has 6 heterocycles. The Bertz CT molecular complexity index is 9250. The molecule has 0 fully saturated rings. The maximum atomic E-state index is 4.83. The van der Waals surface area contributed by atoms with E-state index in [9.17, 15) is 0 Å². The first-order valence-electron chi connectivity index (χ1n) is 46.7. The molecule has 12 heteroatoms. The second kappa shape index (κ2) is 35.6. The quantitative estimate of drug-likeness (QED) is 0.0746. The van der Waals surface area contributed by atoms with E-state index in [1.165, 1.54) is 127 Å². The molecule has 0 saturated carbocycles. The van der Waals surface area contributed by atoms with Gasteiger partial charge in [0.05, 0.1) is 23.3 Å². The van der Waals surface area contributed by atoms with Crippen LogP contribution in [0.1, 0.15) is 0 Å². The van der Waals surface area contributed by atoms with Crippen LogP contribution >= 0.6 is 45.3 Å². The fourth-order valence-electron chi connectivity index (χ4n) is 20.2. The summed E-state index contributed by atoms with van der Waals surface area (Å²) < 4.78 is 13.0. The van der Waals surface area contributed by atoms with Crippen LogP contribution in [0.15, 0.2) is 504 Å². The molecule has 0 spiro atoms. The number of benzene rings is 21. The van der Waals surface area contributed by atoms with E-state index in [4.69, 9.17) is 4.98 Å². The zero-order chi connectivity index (χ0) is 91.8. The van der Waals surface area contributed by atoms with Gasteiger partial charge in [-0.3, -0.25) is 4.98 Å². The first kappa shape index (κ1) is 83.1. The first-order valence-corrected chi connectivity index (χ1v) is 51.7. The number of pyridine rings is 1. The molecule has 0 atom stereocenters. The number of para-hydroxylation sites is 5. The van der Waals surface area contributed by atoms with Gasteiger partial charge in [-0.25, -0.2) is 0 Å². The minimum absolute atomic E-state index is 0.323. The van der Waals surface area contributed by atoms with E-state index in [1.807, 2.05) is 57.7 Å². The number of hydrogen-bond acceptors (Lipinski definition) is 11. The average Bonchev–Trinajstić information content (AvgIpc) is 0.940. The van der Waals surface area contributed by atoms with Gasteiger partial charge in [0.1, 0.15) is 0 Å². The van der Waals surface area contributed by atoms with Crippen molar-refractivity contribution in [1.82, 2.24) is 4.98 Å². The van der Waals surface area contributed by atoms with Gasteiger partial charge >= 0.3 is 202 Å². The second-order valence-corrected chi connectivity index (χ2v) is 41.6. The van der Waals surface area contributed by atoms with Gasteiger partial charge in [-0.05, 0) is 186 Å². The van der Waals surface area contributed by atoms with Gasteiger partial charge in [0.2, 0.25) is 0 Å². The summed E-state index contributed by atoms with van der Waals surface area (Å²) in [6, 6.07) is 179. The van der Waals surface area contributed by atoms with E-state index in [-0.39, 0.29) is 0 Å². The summed E-state index contributed by atoms with van der Waals surface area (Å²) in [6.07, 6.45) is 3.93. The number of aromatic nitrogens is 1. The fourth-order valence-corrected chi connectivity index (χ4v) is 27.1. The molecule has 7 nitrogen and oxygen atoms in total. The van der Waals surface area contributed by atoms with Crippen LogP contribution in [-0.4, -0.2) is 19.5 Å². The number of thiophene rings is 4. The number of rotatable bonds is 19. The number of nitrogens with zero attached hydrogens (tertiary/aromatic N) is 7. The molecular weight excluding hydrogens is 1830 g/mol.